The van der Waals surface area contributed by atoms with Gasteiger partial charge in [0.2, 0.25) is 0 Å². The summed E-state index contributed by atoms with van der Waals surface area (Å²) in [6.07, 6.45) is 3.55. The van der Waals surface area contributed by atoms with Gasteiger partial charge in [-0.05, 0) is 24.8 Å². The Bertz CT molecular complexity index is 280. The second-order valence-electron chi connectivity index (χ2n) is 4.53. The molecular formula is C15H26N2. The highest BCUT2D eigenvalue weighted by Gasteiger charge is 2.13. The first-order chi connectivity index (χ1) is 8.31. The molecule has 0 fully saturated rings. The molecule has 1 aromatic carbocycles. The van der Waals surface area contributed by atoms with Gasteiger partial charge >= 0.3 is 0 Å². The minimum absolute atomic E-state index is 0.683. The third-order valence-corrected chi connectivity index (χ3v) is 3.41. The highest BCUT2D eigenvalue weighted by atomic mass is 15.2. The molecular weight excluding hydrogens is 208 g/mol. The first kappa shape index (κ1) is 14.2. The number of rotatable bonds is 8. The summed E-state index contributed by atoms with van der Waals surface area (Å²) in [6, 6.07) is 11.4. The summed E-state index contributed by atoms with van der Waals surface area (Å²) in [5.74, 6) is 0. The summed E-state index contributed by atoms with van der Waals surface area (Å²) in [4.78, 5) is 2.53. The molecule has 0 saturated carbocycles. The first-order valence-electron chi connectivity index (χ1n) is 6.79. The smallest absolute Gasteiger partial charge is 0.0108 e. The quantitative estimate of drug-likeness (QED) is 0.749. The molecule has 0 bridgehead atoms. The highest BCUT2D eigenvalue weighted by molar-refractivity contribution is 5.14. The van der Waals surface area contributed by atoms with E-state index in [1.165, 1.54) is 18.4 Å². The third-order valence-electron chi connectivity index (χ3n) is 3.41. The molecule has 2 heteroatoms. The van der Waals surface area contributed by atoms with Gasteiger partial charge in [-0.1, -0.05) is 44.2 Å². The fraction of sp³-hybridized carbons (Fsp3) is 0.600. The molecule has 0 aliphatic rings. The molecule has 0 aliphatic heterocycles. The summed E-state index contributed by atoms with van der Waals surface area (Å²) in [5, 5.41) is 0. The van der Waals surface area contributed by atoms with Gasteiger partial charge in [0, 0.05) is 25.7 Å². The highest BCUT2D eigenvalue weighted by Crippen LogP contribution is 2.10. The van der Waals surface area contributed by atoms with Crippen LogP contribution in [-0.2, 0) is 6.42 Å². The van der Waals surface area contributed by atoms with Gasteiger partial charge in [0.15, 0.2) is 0 Å². The number of benzene rings is 1. The summed E-state index contributed by atoms with van der Waals surface area (Å²) in [5.41, 5.74) is 7.12. The Morgan fingerprint density at radius 2 is 1.71 bits per heavy atom. The van der Waals surface area contributed by atoms with Gasteiger partial charge in [-0.3, -0.25) is 4.90 Å². The lowest BCUT2D eigenvalue weighted by molar-refractivity contribution is 0.193. The van der Waals surface area contributed by atoms with E-state index >= 15 is 0 Å². The molecule has 0 aromatic heterocycles. The Labute approximate surface area is 106 Å². The summed E-state index contributed by atoms with van der Waals surface area (Å²) >= 11 is 0. The van der Waals surface area contributed by atoms with E-state index in [9.17, 15) is 0 Å². The Morgan fingerprint density at radius 1 is 1.06 bits per heavy atom. The molecule has 0 aliphatic carbocycles. The van der Waals surface area contributed by atoms with Crippen molar-refractivity contribution < 1.29 is 0 Å². The molecule has 17 heavy (non-hydrogen) atoms. The van der Waals surface area contributed by atoms with Crippen LogP contribution in [0.3, 0.4) is 0 Å². The third kappa shape index (κ3) is 4.88. The molecule has 0 radical (unpaired) electrons. The molecule has 1 rings (SSSR count). The zero-order valence-corrected chi connectivity index (χ0v) is 11.2. The zero-order chi connectivity index (χ0) is 12.5. The van der Waals surface area contributed by atoms with E-state index in [0.717, 1.165) is 26.1 Å². The normalized spacial score (nSPS) is 11.4. The van der Waals surface area contributed by atoms with Crippen molar-refractivity contribution in [3.8, 4) is 0 Å². The molecule has 2 N–H and O–H groups in total. The van der Waals surface area contributed by atoms with Crippen molar-refractivity contribution in [3.05, 3.63) is 35.9 Å². The predicted molar refractivity (Wildman–Crippen MR) is 75.1 cm³/mol. The standard InChI is InChI=1S/C15H26N2/c1-3-15(4-2)17(13-11-16)12-10-14-8-6-5-7-9-14/h5-9,15H,3-4,10-13,16H2,1-2H3. The maximum atomic E-state index is 5.70. The average Bonchev–Trinajstić information content (AvgIpc) is 2.38. The Kier molecular flexibility index (Phi) is 6.90. The van der Waals surface area contributed by atoms with E-state index in [-0.39, 0.29) is 0 Å². The fourth-order valence-corrected chi connectivity index (χ4v) is 2.37. The van der Waals surface area contributed by atoms with Crippen molar-refractivity contribution in [2.75, 3.05) is 19.6 Å². The lowest BCUT2D eigenvalue weighted by Crippen LogP contribution is -2.39. The maximum Gasteiger partial charge on any atom is 0.0108 e. The van der Waals surface area contributed by atoms with Crippen molar-refractivity contribution in [3.63, 3.8) is 0 Å². The Hall–Kier alpha value is -0.860. The summed E-state index contributed by atoms with van der Waals surface area (Å²) in [7, 11) is 0. The van der Waals surface area contributed by atoms with Crippen LogP contribution in [-0.4, -0.2) is 30.6 Å². The van der Waals surface area contributed by atoms with Crippen LogP contribution in [0.2, 0.25) is 0 Å². The van der Waals surface area contributed by atoms with Crippen LogP contribution in [0.1, 0.15) is 32.3 Å². The average molecular weight is 234 g/mol. The van der Waals surface area contributed by atoms with E-state index in [1.54, 1.807) is 0 Å². The molecule has 0 saturated heterocycles. The minimum Gasteiger partial charge on any atom is -0.329 e. The van der Waals surface area contributed by atoms with Gasteiger partial charge in [0.1, 0.15) is 0 Å². The van der Waals surface area contributed by atoms with Crippen LogP contribution in [0.5, 0.6) is 0 Å². The van der Waals surface area contributed by atoms with E-state index in [4.69, 9.17) is 5.73 Å². The van der Waals surface area contributed by atoms with E-state index < -0.39 is 0 Å². The van der Waals surface area contributed by atoms with Crippen molar-refractivity contribution in [1.29, 1.82) is 0 Å². The van der Waals surface area contributed by atoms with E-state index in [0.29, 0.717) is 6.04 Å². The molecule has 1 aromatic rings. The molecule has 0 amide bonds. The van der Waals surface area contributed by atoms with Gasteiger partial charge in [-0.25, -0.2) is 0 Å². The number of hydrogen-bond acceptors (Lipinski definition) is 2. The van der Waals surface area contributed by atoms with E-state index in [1.807, 2.05) is 0 Å². The number of hydrogen-bond donors (Lipinski definition) is 1. The second kappa shape index (κ2) is 8.26. The molecule has 96 valence electrons. The maximum absolute atomic E-state index is 5.70. The van der Waals surface area contributed by atoms with Gasteiger partial charge in [0.05, 0.1) is 0 Å². The number of nitrogens with two attached hydrogens (primary N) is 1. The van der Waals surface area contributed by atoms with Crippen molar-refractivity contribution >= 4 is 0 Å². The first-order valence-corrected chi connectivity index (χ1v) is 6.79. The summed E-state index contributed by atoms with van der Waals surface area (Å²) in [6.45, 7) is 7.42. The molecule has 0 heterocycles. The van der Waals surface area contributed by atoms with Gasteiger partial charge < -0.3 is 5.73 Å². The van der Waals surface area contributed by atoms with Crippen LogP contribution < -0.4 is 5.73 Å². The molecule has 2 nitrogen and oxygen atoms in total. The summed E-state index contributed by atoms with van der Waals surface area (Å²) < 4.78 is 0. The van der Waals surface area contributed by atoms with Crippen LogP contribution in [0, 0.1) is 0 Å². The fourth-order valence-electron chi connectivity index (χ4n) is 2.37. The molecule has 0 atom stereocenters. The van der Waals surface area contributed by atoms with Crippen LogP contribution in [0.4, 0.5) is 0 Å². The van der Waals surface area contributed by atoms with Crippen molar-refractivity contribution in [2.24, 2.45) is 5.73 Å². The minimum atomic E-state index is 0.683. The second-order valence-corrected chi connectivity index (χ2v) is 4.53. The lowest BCUT2D eigenvalue weighted by Gasteiger charge is -2.30. The van der Waals surface area contributed by atoms with Crippen LogP contribution >= 0.6 is 0 Å². The molecule has 0 unspecified atom stereocenters. The van der Waals surface area contributed by atoms with Crippen molar-refractivity contribution in [2.45, 2.75) is 39.2 Å². The van der Waals surface area contributed by atoms with E-state index in [2.05, 4.69) is 49.1 Å². The van der Waals surface area contributed by atoms with Gasteiger partial charge in [-0.15, -0.1) is 0 Å². The predicted octanol–water partition coefficient (Wildman–Crippen LogP) is 2.68. The Morgan fingerprint density at radius 3 is 2.24 bits per heavy atom. The number of nitrogens with zero attached hydrogens (tertiary/aromatic N) is 1. The Balaban J connectivity index is 2.49. The largest absolute Gasteiger partial charge is 0.329 e. The van der Waals surface area contributed by atoms with Crippen LogP contribution in [0.25, 0.3) is 0 Å². The van der Waals surface area contributed by atoms with Gasteiger partial charge in [-0.2, -0.15) is 0 Å². The zero-order valence-electron chi connectivity index (χ0n) is 11.2. The SMILES string of the molecule is CCC(CC)N(CCN)CCc1ccccc1. The van der Waals surface area contributed by atoms with Gasteiger partial charge in [0.25, 0.3) is 0 Å². The monoisotopic (exact) mass is 234 g/mol. The van der Waals surface area contributed by atoms with Crippen molar-refractivity contribution in [1.82, 2.24) is 4.90 Å². The topological polar surface area (TPSA) is 29.3 Å². The lowest BCUT2D eigenvalue weighted by atomic mass is 10.1. The van der Waals surface area contributed by atoms with Crippen LogP contribution in [0.15, 0.2) is 30.3 Å². The molecule has 0 spiro atoms.